The summed E-state index contributed by atoms with van der Waals surface area (Å²) in [5.41, 5.74) is 3.53. The van der Waals surface area contributed by atoms with Gasteiger partial charge in [-0.3, -0.25) is 0 Å². The Kier molecular flexibility index (Phi) is 8.63. The third-order valence-corrected chi connectivity index (χ3v) is 5.94. The summed E-state index contributed by atoms with van der Waals surface area (Å²) in [5.74, 6) is -1.74. The molecule has 0 saturated carbocycles. The number of carbonyl (C=O) groups is 2. The highest BCUT2D eigenvalue weighted by Gasteiger charge is 2.17. The van der Waals surface area contributed by atoms with Gasteiger partial charge in [0.2, 0.25) is 0 Å². The van der Waals surface area contributed by atoms with Crippen LogP contribution in [0.5, 0.6) is 5.75 Å². The van der Waals surface area contributed by atoms with Crippen molar-refractivity contribution in [2.45, 2.75) is 33.0 Å². The zero-order valence-electron chi connectivity index (χ0n) is 19.4. The summed E-state index contributed by atoms with van der Waals surface area (Å²) in [4.78, 5) is 23.0. The van der Waals surface area contributed by atoms with E-state index in [0.717, 1.165) is 22.8 Å². The molecule has 0 heterocycles. The van der Waals surface area contributed by atoms with Crippen LogP contribution in [-0.2, 0) is 17.8 Å². The van der Waals surface area contributed by atoms with E-state index in [0.29, 0.717) is 28.5 Å². The van der Waals surface area contributed by atoms with E-state index in [4.69, 9.17) is 26.5 Å². The minimum absolute atomic E-state index is 0.0711. The first-order valence-electron chi connectivity index (χ1n) is 11.0. The summed E-state index contributed by atoms with van der Waals surface area (Å²) >= 11 is 6.48. The molecule has 0 bridgehead atoms. The lowest BCUT2D eigenvalue weighted by atomic mass is 9.95. The van der Waals surface area contributed by atoms with E-state index in [-0.39, 0.29) is 24.2 Å². The van der Waals surface area contributed by atoms with Crippen molar-refractivity contribution < 1.29 is 29.3 Å². The molecule has 1 unspecified atom stereocenters. The molecule has 0 spiro atoms. The third-order valence-electron chi connectivity index (χ3n) is 5.58. The molecular weight excluding hydrogens is 470 g/mol. The van der Waals surface area contributed by atoms with Crippen molar-refractivity contribution in [1.29, 1.82) is 5.41 Å². The molecule has 8 heteroatoms. The number of carboxylic acid groups (broad SMARTS) is 2. The Labute approximate surface area is 208 Å². The van der Waals surface area contributed by atoms with Gasteiger partial charge < -0.3 is 25.1 Å². The number of rotatable bonds is 11. The standard InChI is InChI=1S/C27H26ClNO6/c1-3-34-25(14-29)19-9-10-24(16(2)11-19)35-15-22-17(5-4-6-23(22)28)12-18-7-8-20(26(30)31)13-21(18)27(32)33/h4-11,13-14,25,29H,3,12,15H2,1-2H3,(H,30,31)(H,32,33). The largest absolute Gasteiger partial charge is 0.489 e. The molecule has 0 aromatic heterocycles. The molecule has 0 aliphatic carbocycles. The Morgan fingerprint density at radius 1 is 1.06 bits per heavy atom. The minimum atomic E-state index is -1.20. The van der Waals surface area contributed by atoms with Crippen LogP contribution >= 0.6 is 11.6 Å². The van der Waals surface area contributed by atoms with E-state index < -0.39 is 18.0 Å². The molecule has 182 valence electrons. The lowest BCUT2D eigenvalue weighted by Gasteiger charge is -2.17. The predicted octanol–water partition coefficient (Wildman–Crippen LogP) is 5.94. The fourth-order valence-corrected chi connectivity index (χ4v) is 4.03. The number of aryl methyl sites for hydroxylation is 1. The van der Waals surface area contributed by atoms with Crippen LogP contribution in [0.1, 0.15) is 61.6 Å². The number of ether oxygens (including phenoxy) is 2. The average molecular weight is 496 g/mol. The number of hydrogen-bond donors (Lipinski definition) is 3. The van der Waals surface area contributed by atoms with Crippen LogP contribution in [0.25, 0.3) is 0 Å². The maximum absolute atomic E-state index is 11.8. The van der Waals surface area contributed by atoms with Gasteiger partial charge in [0.1, 0.15) is 18.5 Å². The fourth-order valence-electron chi connectivity index (χ4n) is 3.78. The van der Waals surface area contributed by atoms with E-state index in [1.54, 1.807) is 12.1 Å². The maximum atomic E-state index is 11.8. The van der Waals surface area contributed by atoms with Gasteiger partial charge in [-0.05, 0) is 72.9 Å². The first-order valence-corrected chi connectivity index (χ1v) is 11.3. The molecule has 0 amide bonds. The number of hydrogen-bond acceptors (Lipinski definition) is 5. The average Bonchev–Trinajstić information content (AvgIpc) is 2.82. The van der Waals surface area contributed by atoms with E-state index in [1.165, 1.54) is 18.3 Å². The molecule has 3 N–H and O–H groups in total. The van der Waals surface area contributed by atoms with Gasteiger partial charge >= 0.3 is 11.9 Å². The van der Waals surface area contributed by atoms with Crippen molar-refractivity contribution in [2.24, 2.45) is 0 Å². The van der Waals surface area contributed by atoms with E-state index in [9.17, 15) is 19.8 Å². The highest BCUT2D eigenvalue weighted by molar-refractivity contribution is 6.31. The molecule has 0 fully saturated rings. The maximum Gasteiger partial charge on any atom is 0.336 e. The molecule has 0 radical (unpaired) electrons. The van der Waals surface area contributed by atoms with Gasteiger partial charge in [-0.1, -0.05) is 35.9 Å². The molecule has 7 nitrogen and oxygen atoms in total. The van der Waals surface area contributed by atoms with Gasteiger partial charge in [0.15, 0.2) is 0 Å². The molecule has 0 aliphatic heterocycles. The smallest absolute Gasteiger partial charge is 0.336 e. The summed E-state index contributed by atoms with van der Waals surface area (Å²) in [6, 6.07) is 15.0. The topological polar surface area (TPSA) is 117 Å². The van der Waals surface area contributed by atoms with Gasteiger partial charge in [0, 0.05) is 23.4 Å². The van der Waals surface area contributed by atoms with Crippen molar-refractivity contribution >= 4 is 29.8 Å². The second-order valence-electron chi connectivity index (χ2n) is 7.89. The van der Waals surface area contributed by atoms with Gasteiger partial charge in [-0.15, -0.1) is 0 Å². The normalized spacial score (nSPS) is 11.6. The summed E-state index contributed by atoms with van der Waals surface area (Å²) in [5, 5.41) is 26.9. The van der Waals surface area contributed by atoms with Crippen molar-refractivity contribution in [2.75, 3.05) is 6.61 Å². The zero-order chi connectivity index (χ0) is 25.5. The van der Waals surface area contributed by atoms with Gasteiger partial charge in [-0.25, -0.2) is 9.59 Å². The number of nitrogens with one attached hydrogen (secondary N) is 1. The van der Waals surface area contributed by atoms with Crippen molar-refractivity contribution in [3.63, 3.8) is 0 Å². The SMILES string of the molecule is CCOC(C=N)c1ccc(OCc2c(Cl)cccc2Cc2ccc(C(=O)O)cc2C(=O)O)c(C)c1. The quantitative estimate of drug-likeness (QED) is 0.283. The van der Waals surface area contributed by atoms with Crippen LogP contribution < -0.4 is 4.74 Å². The van der Waals surface area contributed by atoms with Crippen molar-refractivity contribution in [1.82, 2.24) is 0 Å². The molecule has 3 aromatic carbocycles. The monoisotopic (exact) mass is 495 g/mol. The summed E-state index contributed by atoms with van der Waals surface area (Å²) in [6.07, 6.45) is 1.08. The van der Waals surface area contributed by atoms with Crippen LogP contribution in [0.3, 0.4) is 0 Å². The predicted molar refractivity (Wildman–Crippen MR) is 133 cm³/mol. The molecule has 3 aromatic rings. The zero-order valence-corrected chi connectivity index (χ0v) is 20.1. The Morgan fingerprint density at radius 3 is 2.46 bits per heavy atom. The van der Waals surface area contributed by atoms with Gasteiger partial charge in [0.05, 0.1) is 11.1 Å². The minimum Gasteiger partial charge on any atom is -0.489 e. The van der Waals surface area contributed by atoms with E-state index in [2.05, 4.69) is 0 Å². The molecule has 0 saturated heterocycles. The second kappa shape index (κ2) is 11.6. The fraction of sp³-hybridized carbons (Fsp3) is 0.222. The van der Waals surface area contributed by atoms with Crippen LogP contribution in [0.2, 0.25) is 5.02 Å². The number of aromatic carboxylic acids is 2. The van der Waals surface area contributed by atoms with E-state index >= 15 is 0 Å². The van der Waals surface area contributed by atoms with Crippen molar-refractivity contribution in [3.8, 4) is 5.75 Å². The second-order valence-corrected chi connectivity index (χ2v) is 8.30. The van der Waals surface area contributed by atoms with Crippen LogP contribution in [-0.4, -0.2) is 35.0 Å². The third kappa shape index (κ3) is 6.26. The molecule has 3 rings (SSSR count). The number of halogens is 1. The number of benzene rings is 3. The molecular formula is C27H26ClNO6. The van der Waals surface area contributed by atoms with Crippen molar-refractivity contribution in [3.05, 3.63) is 98.6 Å². The van der Waals surface area contributed by atoms with Crippen LogP contribution in [0, 0.1) is 12.3 Å². The highest BCUT2D eigenvalue weighted by Crippen LogP contribution is 2.28. The Hall–Kier alpha value is -3.68. The molecule has 1 atom stereocenters. The van der Waals surface area contributed by atoms with E-state index in [1.807, 2.05) is 38.1 Å². The highest BCUT2D eigenvalue weighted by atomic mass is 35.5. The number of carboxylic acids is 2. The lowest BCUT2D eigenvalue weighted by molar-refractivity contribution is 0.0695. The van der Waals surface area contributed by atoms with Gasteiger partial charge in [-0.2, -0.15) is 0 Å². The first kappa shape index (κ1) is 25.9. The molecule has 0 aliphatic rings. The Balaban J connectivity index is 1.86. The Bertz CT molecular complexity index is 1260. The van der Waals surface area contributed by atoms with Crippen LogP contribution in [0.4, 0.5) is 0 Å². The summed E-state index contributed by atoms with van der Waals surface area (Å²) in [7, 11) is 0. The Morgan fingerprint density at radius 2 is 1.83 bits per heavy atom. The lowest BCUT2D eigenvalue weighted by Crippen LogP contribution is -2.09. The first-order chi connectivity index (χ1) is 16.7. The summed E-state index contributed by atoms with van der Waals surface area (Å²) < 4.78 is 11.6. The molecule has 35 heavy (non-hydrogen) atoms. The summed E-state index contributed by atoms with van der Waals surface area (Å²) in [6.45, 7) is 4.43. The van der Waals surface area contributed by atoms with Gasteiger partial charge in [0.25, 0.3) is 0 Å². The van der Waals surface area contributed by atoms with Crippen LogP contribution in [0.15, 0.2) is 54.6 Å².